The number of hydrogen-bond acceptors (Lipinski definition) is 2. The van der Waals surface area contributed by atoms with Crippen molar-refractivity contribution < 1.29 is 18.3 Å². The SMILES string of the molecule is CCC(CC(C)(O)c1ccnc2ccccc12)c1ccc(C(F)(F)F)cc1. The normalized spacial score (nSPS) is 15.5. The van der Waals surface area contributed by atoms with Gasteiger partial charge in [0.05, 0.1) is 16.7 Å². The first-order valence-electron chi connectivity index (χ1n) is 8.96. The van der Waals surface area contributed by atoms with Crippen molar-refractivity contribution in [3.8, 4) is 0 Å². The standard InChI is InChI=1S/C22H22F3NO/c1-3-15(16-8-10-17(11-9-16)22(23,24)25)14-21(2,27)19-12-13-26-20-7-5-4-6-18(19)20/h4-13,15,27H,3,14H2,1-2H3. The van der Waals surface area contributed by atoms with Crippen molar-refractivity contribution in [1.29, 1.82) is 0 Å². The van der Waals surface area contributed by atoms with E-state index in [0.717, 1.165) is 34.2 Å². The molecule has 27 heavy (non-hydrogen) atoms. The zero-order valence-corrected chi connectivity index (χ0v) is 15.3. The third-order valence-electron chi connectivity index (χ3n) is 5.08. The lowest BCUT2D eigenvalue weighted by molar-refractivity contribution is -0.137. The van der Waals surface area contributed by atoms with E-state index in [2.05, 4.69) is 4.98 Å². The summed E-state index contributed by atoms with van der Waals surface area (Å²) in [5.74, 6) is -0.0609. The van der Waals surface area contributed by atoms with Crippen molar-refractivity contribution in [3.05, 3.63) is 77.5 Å². The molecule has 0 spiro atoms. The van der Waals surface area contributed by atoms with Crippen LogP contribution in [-0.2, 0) is 11.8 Å². The van der Waals surface area contributed by atoms with E-state index in [-0.39, 0.29) is 5.92 Å². The summed E-state index contributed by atoms with van der Waals surface area (Å²) >= 11 is 0. The minimum absolute atomic E-state index is 0.0609. The Morgan fingerprint density at radius 3 is 2.30 bits per heavy atom. The molecular formula is C22H22F3NO. The van der Waals surface area contributed by atoms with Gasteiger partial charge in [-0.1, -0.05) is 37.3 Å². The summed E-state index contributed by atoms with van der Waals surface area (Å²) in [4.78, 5) is 4.33. The zero-order valence-electron chi connectivity index (χ0n) is 15.3. The van der Waals surface area contributed by atoms with E-state index in [1.54, 1.807) is 13.1 Å². The number of halogens is 3. The number of alkyl halides is 3. The Bertz CT molecular complexity index is 911. The van der Waals surface area contributed by atoms with E-state index >= 15 is 0 Å². The van der Waals surface area contributed by atoms with Gasteiger partial charge in [-0.3, -0.25) is 4.98 Å². The van der Waals surface area contributed by atoms with Crippen molar-refractivity contribution >= 4 is 10.9 Å². The third kappa shape index (κ3) is 4.14. The van der Waals surface area contributed by atoms with Crippen LogP contribution in [0.5, 0.6) is 0 Å². The van der Waals surface area contributed by atoms with Gasteiger partial charge < -0.3 is 5.11 Å². The van der Waals surface area contributed by atoms with E-state index in [4.69, 9.17) is 0 Å². The van der Waals surface area contributed by atoms with Gasteiger partial charge >= 0.3 is 6.18 Å². The van der Waals surface area contributed by atoms with Crippen LogP contribution in [0.15, 0.2) is 60.8 Å². The molecule has 0 fully saturated rings. The molecule has 1 N–H and O–H groups in total. The summed E-state index contributed by atoms with van der Waals surface area (Å²) in [5.41, 5.74) is 0.583. The molecule has 3 rings (SSSR count). The molecule has 2 aromatic carbocycles. The smallest absolute Gasteiger partial charge is 0.385 e. The van der Waals surface area contributed by atoms with E-state index < -0.39 is 17.3 Å². The van der Waals surface area contributed by atoms with Crippen LogP contribution in [0.3, 0.4) is 0 Å². The second-order valence-electron chi connectivity index (χ2n) is 7.08. The first-order valence-corrected chi connectivity index (χ1v) is 8.96. The van der Waals surface area contributed by atoms with Gasteiger partial charge in [0.1, 0.15) is 0 Å². The average molecular weight is 373 g/mol. The van der Waals surface area contributed by atoms with Crippen molar-refractivity contribution in [2.75, 3.05) is 0 Å². The highest BCUT2D eigenvalue weighted by molar-refractivity contribution is 5.82. The van der Waals surface area contributed by atoms with Gasteiger partial charge in [-0.15, -0.1) is 0 Å². The predicted molar refractivity (Wildman–Crippen MR) is 100 cm³/mol. The Hall–Kier alpha value is -2.40. The lowest BCUT2D eigenvalue weighted by Gasteiger charge is -2.30. The van der Waals surface area contributed by atoms with Crippen molar-refractivity contribution in [2.45, 2.75) is 44.4 Å². The minimum atomic E-state index is -4.35. The Morgan fingerprint density at radius 1 is 1.00 bits per heavy atom. The van der Waals surface area contributed by atoms with Gasteiger partial charge in [0.2, 0.25) is 0 Å². The van der Waals surface area contributed by atoms with Gasteiger partial charge in [0.15, 0.2) is 0 Å². The van der Waals surface area contributed by atoms with Crippen molar-refractivity contribution in [2.24, 2.45) is 0 Å². The van der Waals surface area contributed by atoms with E-state index in [9.17, 15) is 18.3 Å². The molecule has 0 radical (unpaired) electrons. The van der Waals surface area contributed by atoms with Crippen molar-refractivity contribution in [3.63, 3.8) is 0 Å². The zero-order chi connectivity index (χ0) is 19.7. The quantitative estimate of drug-likeness (QED) is 0.591. The largest absolute Gasteiger partial charge is 0.416 e. The molecule has 0 bridgehead atoms. The molecule has 0 saturated heterocycles. The molecule has 2 atom stereocenters. The Morgan fingerprint density at radius 2 is 1.67 bits per heavy atom. The van der Waals surface area contributed by atoms with Crippen LogP contribution in [-0.4, -0.2) is 10.1 Å². The summed E-state index contributed by atoms with van der Waals surface area (Å²) in [6.07, 6.45) is -1.56. The molecule has 1 heterocycles. The summed E-state index contributed by atoms with van der Waals surface area (Å²) < 4.78 is 38.4. The van der Waals surface area contributed by atoms with Crippen LogP contribution >= 0.6 is 0 Å². The minimum Gasteiger partial charge on any atom is -0.385 e. The predicted octanol–water partition coefficient (Wildman–Crippen LogP) is 6.05. The number of rotatable bonds is 5. The molecular weight excluding hydrogens is 351 g/mol. The lowest BCUT2D eigenvalue weighted by atomic mass is 9.80. The highest BCUT2D eigenvalue weighted by Crippen LogP contribution is 2.38. The second kappa shape index (κ2) is 7.31. The molecule has 0 saturated carbocycles. The fraction of sp³-hybridized carbons (Fsp3) is 0.318. The molecule has 0 aliphatic rings. The van der Waals surface area contributed by atoms with Gasteiger partial charge in [-0.25, -0.2) is 0 Å². The summed E-state index contributed by atoms with van der Waals surface area (Å²) in [7, 11) is 0. The van der Waals surface area contributed by atoms with Crippen LogP contribution in [0.25, 0.3) is 10.9 Å². The number of hydrogen-bond donors (Lipinski definition) is 1. The second-order valence-corrected chi connectivity index (χ2v) is 7.08. The molecule has 3 aromatic rings. The van der Waals surface area contributed by atoms with Gasteiger partial charge in [-0.05, 0) is 61.1 Å². The highest BCUT2D eigenvalue weighted by Gasteiger charge is 2.32. The maximum atomic E-state index is 12.8. The number of aliphatic hydroxyl groups is 1. The first-order chi connectivity index (χ1) is 12.7. The summed E-state index contributed by atoms with van der Waals surface area (Å²) in [6, 6.07) is 14.6. The summed E-state index contributed by atoms with van der Waals surface area (Å²) in [5, 5.41) is 12.1. The number of fused-ring (bicyclic) bond motifs is 1. The third-order valence-corrected chi connectivity index (χ3v) is 5.08. The Balaban J connectivity index is 1.90. The molecule has 0 aliphatic heterocycles. The molecule has 0 amide bonds. The molecule has 0 aliphatic carbocycles. The van der Waals surface area contributed by atoms with Crippen LogP contribution in [0.2, 0.25) is 0 Å². The maximum Gasteiger partial charge on any atom is 0.416 e. The number of nitrogens with zero attached hydrogens (tertiary/aromatic N) is 1. The van der Waals surface area contributed by atoms with Crippen LogP contribution in [0.4, 0.5) is 13.2 Å². The van der Waals surface area contributed by atoms with E-state index in [1.807, 2.05) is 37.3 Å². The van der Waals surface area contributed by atoms with Crippen LogP contribution in [0, 0.1) is 0 Å². The molecule has 1 aromatic heterocycles. The van der Waals surface area contributed by atoms with E-state index in [0.29, 0.717) is 12.8 Å². The monoisotopic (exact) mass is 373 g/mol. The number of benzene rings is 2. The summed E-state index contributed by atoms with van der Waals surface area (Å²) in [6.45, 7) is 3.73. The number of aromatic nitrogens is 1. The molecule has 2 unspecified atom stereocenters. The molecule has 5 heteroatoms. The number of pyridine rings is 1. The topological polar surface area (TPSA) is 33.1 Å². The highest BCUT2D eigenvalue weighted by atomic mass is 19.4. The van der Waals surface area contributed by atoms with E-state index in [1.165, 1.54) is 12.1 Å². The first kappa shape index (κ1) is 19.4. The van der Waals surface area contributed by atoms with Crippen LogP contribution < -0.4 is 0 Å². The van der Waals surface area contributed by atoms with Crippen molar-refractivity contribution in [1.82, 2.24) is 4.98 Å². The number of para-hydroxylation sites is 1. The molecule has 2 nitrogen and oxygen atoms in total. The van der Waals surface area contributed by atoms with Crippen LogP contribution in [0.1, 0.15) is 49.3 Å². The van der Waals surface area contributed by atoms with Gasteiger partial charge in [0, 0.05) is 11.6 Å². The Kier molecular flexibility index (Phi) is 5.24. The lowest BCUT2D eigenvalue weighted by Crippen LogP contribution is -2.25. The Labute approximate surface area is 156 Å². The average Bonchev–Trinajstić information content (AvgIpc) is 2.65. The fourth-order valence-corrected chi connectivity index (χ4v) is 3.60. The fourth-order valence-electron chi connectivity index (χ4n) is 3.60. The molecule has 142 valence electrons. The van der Waals surface area contributed by atoms with Gasteiger partial charge in [0.25, 0.3) is 0 Å². The maximum absolute atomic E-state index is 12.8. The van der Waals surface area contributed by atoms with Gasteiger partial charge in [-0.2, -0.15) is 13.2 Å².